The van der Waals surface area contributed by atoms with Gasteiger partial charge in [0.05, 0.1) is 17.4 Å². The summed E-state index contributed by atoms with van der Waals surface area (Å²) in [6.07, 6.45) is 3.05. The van der Waals surface area contributed by atoms with Crippen LogP contribution >= 0.6 is 0 Å². The second-order valence-corrected chi connectivity index (χ2v) is 7.50. The van der Waals surface area contributed by atoms with Crippen molar-refractivity contribution < 1.29 is 17.6 Å². The van der Waals surface area contributed by atoms with Crippen molar-refractivity contribution in [2.75, 3.05) is 4.72 Å². The Morgan fingerprint density at radius 3 is 2.62 bits per heavy atom. The highest BCUT2D eigenvalue weighted by atomic mass is 32.2. The fourth-order valence-electron chi connectivity index (χ4n) is 2.40. The highest BCUT2D eigenvalue weighted by Crippen LogP contribution is 2.18. The number of carbonyl (C=O) groups excluding carboxylic acids is 1. The Bertz CT molecular complexity index is 1010. The van der Waals surface area contributed by atoms with Gasteiger partial charge in [-0.15, -0.1) is 0 Å². The number of hydrogen-bond acceptors (Lipinski definition) is 4. The van der Waals surface area contributed by atoms with Gasteiger partial charge in [-0.2, -0.15) is 0 Å². The van der Waals surface area contributed by atoms with Crippen LogP contribution in [0.4, 0.5) is 5.69 Å². The lowest BCUT2D eigenvalue weighted by atomic mass is 10.2. The van der Waals surface area contributed by atoms with Crippen LogP contribution in [0.15, 0.2) is 76.4 Å². The first-order chi connectivity index (χ1) is 12.4. The number of hydrogen-bond donors (Lipinski definition) is 2. The first-order valence-electron chi connectivity index (χ1n) is 7.93. The van der Waals surface area contributed by atoms with E-state index in [2.05, 4.69) is 10.0 Å². The molecule has 0 aliphatic rings. The van der Waals surface area contributed by atoms with Gasteiger partial charge in [0.2, 0.25) is 0 Å². The van der Waals surface area contributed by atoms with Crippen molar-refractivity contribution in [1.82, 2.24) is 5.32 Å². The van der Waals surface area contributed by atoms with Crippen molar-refractivity contribution in [3.8, 4) is 0 Å². The summed E-state index contributed by atoms with van der Waals surface area (Å²) < 4.78 is 32.6. The Labute approximate surface area is 151 Å². The minimum absolute atomic E-state index is 0.0231. The molecule has 3 aromatic rings. The summed E-state index contributed by atoms with van der Waals surface area (Å²) >= 11 is 0. The third kappa shape index (κ3) is 4.31. The first-order valence-corrected chi connectivity index (χ1v) is 9.41. The minimum Gasteiger partial charge on any atom is -0.472 e. The molecule has 0 saturated carbocycles. The molecule has 7 heteroatoms. The number of sulfonamides is 1. The van der Waals surface area contributed by atoms with E-state index in [-0.39, 0.29) is 16.4 Å². The van der Waals surface area contributed by atoms with E-state index in [4.69, 9.17) is 4.42 Å². The summed E-state index contributed by atoms with van der Waals surface area (Å²) in [6.45, 7) is 2.18. The first kappa shape index (κ1) is 17.8. The molecule has 0 aliphatic heterocycles. The van der Waals surface area contributed by atoms with Crippen molar-refractivity contribution in [1.29, 1.82) is 0 Å². The Morgan fingerprint density at radius 1 is 1.08 bits per heavy atom. The van der Waals surface area contributed by atoms with Crippen LogP contribution in [0.1, 0.15) is 21.5 Å². The predicted molar refractivity (Wildman–Crippen MR) is 98.3 cm³/mol. The highest BCUT2D eigenvalue weighted by molar-refractivity contribution is 7.92. The highest BCUT2D eigenvalue weighted by Gasteiger charge is 2.16. The van der Waals surface area contributed by atoms with E-state index in [1.54, 1.807) is 30.3 Å². The standard InChI is InChI=1S/C19H18N2O4S/c1-14-4-2-6-17(10-14)21-26(23,24)18-7-3-5-16(11-18)19(22)20-12-15-8-9-25-13-15/h2-11,13,21H,12H2,1H3,(H,20,22). The molecule has 0 bridgehead atoms. The van der Waals surface area contributed by atoms with Gasteiger partial charge in [0, 0.05) is 23.4 Å². The zero-order chi connectivity index (χ0) is 18.6. The van der Waals surface area contributed by atoms with Crippen molar-refractivity contribution in [2.45, 2.75) is 18.4 Å². The van der Waals surface area contributed by atoms with Gasteiger partial charge in [0.15, 0.2) is 0 Å². The molecule has 0 radical (unpaired) electrons. The lowest BCUT2D eigenvalue weighted by Crippen LogP contribution is -2.23. The van der Waals surface area contributed by atoms with Crippen molar-refractivity contribution >= 4 is 21.6 Å². The average Bonchev–Trinajstić information content (AvgIpc) is 3.13. The topological polar surface area (TPSA) is 88.4 Å². The number of carbonyl (C=O) groups is 1. The van der Waals surface area contributed by atoms with Crippen LogP contribution in [0.2, 0.25) is 0 Å². The van der Waals surface area contributed by atoms with E-state index in [1.165, 1.54) is 30.7 Å². The van der Waals surface area contributed by atoms with Crippen LogP contribution < -0.4 is 10.0 Å². The van der Waals surface area contributed by atoms with Gasteiger partial charge in [-0.1, -0.05) is 18.2 Å². The van der Waals surface area contributed by atoms with Gasteiger partial charge in [0.1, 0.15) is 0 Å². The molecular formula is C19H18N2O4S. The van der Waals surface area contributed by atoms with Gasteiger partial charge in [-0.3, -0.25) is 9.52 Å². The second-order valence-electron chi connectivity index (χ2n) is 5.82. The van der Waals surface area contributed by atoms with Gasteiger partial charge in [-0.25, -0.2) is 8.42 Å². The van der Waals surface area contributed by atoms with Crippen LogP contribution in [-0.4, -0.2) is 14.3 Å². The fraction of sp³-hybridized carbons (Fsp3) is 0.105. The molecular weight excluding hydrogens is 352 g/mol. The Balaban J connectivity index is 1.76. The van der Waals surface area contributed by atoms with Crippen LogP contribution in [0.25, 0.3) is 0 Å². The number of furan rings is 1. The SMILES string of the molecule is Cc1cccc(NS(=O)(=O)c2cccc(C(=O)NCc3ccoc3)c2)c1. The van der Waals surface area contributed by atoms with Crippen LogP contribution in [0, 0.1) is 6.92 Å². The van der Waals surface area contributed by atoms with Gasteiger partial charge in [0.25, 0.3) is 15.9 Å². The largest absolute Gasteiger partial charge is 0.472 e. The lowest BCUT2D eigenvalue weighted by molar-refractivity contribution is 0.0950. The molecule has 0 fully saturated rings. The molecule has 0 saturated heterocycles. The molecule has 0 aliphatic carbocycles. The molecule has 0 spiro atoms. The average molecular weight is 370 g/mol. The maximum absolute atomic E-state index is 12.6. The summed E-state index contributed by atoms with van der Waals surface area (Å²) in [5.41, 5.74) is 2.50. The summed E-state index contributed by atoms with van der Waals surface area (Å²) in [5.74, 6) is -0.362. The van der Waals surface area contributed by atoms with E-state index in [0.29, 0.717) is 12.2 Å². The zero-order valence-electron chi connectivity index (χ0n) is 14.1. The second kappa shape index (κ2) is 7.45. The number of nitrogens with one attached hydrogen (secondary N) is 2. The number of amides is 1. The summed E-state index contributed by atoms with van der Waals surface area (Å²) in [7, 11) is -3.79. The third-order valence-electron chi connectivity index (χ3n) is 3.71. The lowest BCUT2D eigenvalue weighted by Gasteiger charge is -2.10. The van der Waals surface area contributed by atoms with Gasteiger partial charge >= 0.3 is 0 Å². The van der Waals surface area contributed by atoms with E-state index < -0.39 is 10.0 Å². The molecule has 1 heterocycles. The summed E-state index contributed by atoms with van der Waals surface area (Å²) in [4.78, 5) is 12.3. The van der Waals surface area contributed by atoms with E-state index in [9.17, 15) is 13.2 Å². The molecule has 0 unspecified atom stereocenters. The van der Waals surface area contributed by atoms with Crippen LogP contribution in [0.3, 0.4) is 0 Å². The number of anilines is 1. The third-order valence-corrected chi connectivity index (χ3v) is 5.09. The van der Waals surface area contributed by atoms with Crippen molar-refractivity contribution in [2.24, 2.45) is 0 Å². The molecule has 2 N–H and O–H groups in total. The van der Waals surface area contributed by atoms with Crippen molar-refractivity contribution in [3.63, 3.8) is 0 Å². The molecule has 1 aromatic heterocycles. The Kier molecular flexibility index (Phi) is 5.09. The summed E-state index contributed by atoms with van der Waals surface area (Å²) in [6, 6.07) is 14.7. The number of aryl methyl sites for hydroxylation is 1. The predicted octanol–water partition coefficient (Wildman–Crippen LogP) is 3.32. The van der Waals surface area contributed by atoms with E-state index >= 15 is 0 Å². The maximum atomic E-state index is 12.6. The quantitative estimate of drug-likeness (QED) is 0.697. The number of benzene rings is 2. The molecule has 2 aromatic carbocycles. The van der Waals surface area contributed by atoms with E-state index in [0.717, 1.165) is 11.1 Å². The molecule has 134 valence electrons. The molecule has 26 heavy (non-hydrogen) atoms. The fourth-order valence-corrected chi connectivity index (χ4v) is 3.50. The maximum Gasteiger partial charge on any atom is 0.261 e. The smallest absolute Gasteiger partial charge is 0.261 e. The number of rotatable bonds is 6. The minimum atomic E-state index is -3.79. The molecule has 1 amide bonds. The normalized spacial score (nSPS) is 11.1. The Hall–Kier alpha value is -3.06. The van der Waals surface area contributed by atoms with Crippen LogP contribution in [0.5, 0.6) is 0 Å². The molecule has 3 rings (SSSR count). The zero-order valence-corrected chi connectivity index (χ0v) is 14.9. The Morgan fingerprint density at radius 2 is 1.88 bits per heavy atom. The van der Waals surface area contributed by atoms with Gasteiger partial charge in [-0.05, 0) is 48.9 Å². The molecule has 0 atom stereocenters. The monoisotopic (exact) mass is 370 g/mol. The summed E-state index contributed by atoms with van der Waals surface area (Å²) in [5, 5.41) is 2.72. The van der Waals surface area contributed by atoms with Crippen molar-refractivity contribution in [3.05, 3.63) is 83.8 Å². The van der Waals surface area contributed by atoms with Crippen LogP contribution in [-0.2, 0) is 16.6 Å². The van der Waals surface area contributed by atoms with E-state index in [1.807, 2.05) is 13.0 Å². The molecule has 6 nitrogen and oxygen atoms in total. The van der Waals surface area contributed by atoms with Gasteiger partial charge < -0.3 is 9.73 Å².